The summed E-state index contributed by atoms with van der Waals surface area (Å²) in [6.45, 7) is 0. The van der Waals surface area contributed by atoms with Crippen LogP contribution in [0.25, 0.3) is 6.08 Å². The lowest BCUT2D eigenvalue weighted by Gasteiger charge is -1.97. The van der Waals surface area contributed by atoms with Gasteiger partial charge in [0.2, 0.25) is 0 Å². The third kappa shape index (κ3) is 2.01. The number of halogens is 1. The van der Waals surface area contributed by atoms with Gasteiger partial charge < -0.3 is 5.11 Å². The van der Waals surface area contributed by atoms with Gasteiger partial charge in [0.15, 0.2) is 0 Å². The molecule has 0 unspecified atom stereocenters. The van der Waals surface area contributed by atoms with Gasteiger partial charge in [-0.1, -0.05) is 11.6 Å². The zero-order valence-corrected chi connectivity index (χ0v) is 6.92. The van der Waals surface area contributed by atoms with Crippen LogP contribution in [0.5, 0.6) is 5.75 Å². The topological polar surface area (TPSA) is 44.0 Å². The number of phenolic OH excluding ortho intramolecular Hbond substituents is 1. The minimum atomic E-state index is 0.120. The van der Waals surface area contributed by atoms with Gasteiger partial charge in [-0.25, -0.2) is 0 Å². The number of aromatic hydroxyl groups is 1. The molecule has 1 aromatic carbocycles. The molecule has 0 saturated heterocycles. The van der Waals surface area contributed by atoms with Crippen LogP contribution in [0.15, 0.2) is 24.3 Å². The van der Waals surface area contributed by atoms with E-state index < -0.39 is 0 Å². The number of nitrogens with zero attached hydrogens (tertiary/aromatic N) is 1. The predicted molar refractivity (Wildman–Crippen MR) is 47.8 cm³/mol. The van der Waals surface area contributed by atoms with Crippen molar-refractivity contribution in [1.29, 1.82) is 5.26 Å². The van der Waals surface area contributed by atoms with E-state index in [1.807, 2.05) is 6.07 Å². The fourth-order valence-corrected chi connectivity index (χ4v) is 1.02. The smallest absolute Gasteiger partial charge is 0.117 e. The zero-order chi connectivity index (χ0) is 8.97. The summed E-state index contributed by atoms with van der Waals surface area (Å²) in [6, 6.07) is 6.45. The van der Waals surface area contributed by atoms with E-state index in [-0.39, 0.29) is 5.75 Å². The second-order valence-electron chi connectivity index (χ2n) is 2.17. The quantitative estimate of drug-likeness (QED) is 0.674. The first-order valence-electron chi connectivity index (χ1n) is 3.28. The molecule has 3 heteroatoms. The Morgan fingerprint density at radius 3 is 2.83 bits per heavy atom. The van der Waals surface area contributed by atoms with Gasteiger partial charge in [-0.3, -0.25) is 0 Å². The average Bonchev–Trinajstić information content (AvgIpc) is 2.03. The Hall–Kier alpha value is -1.46. The summed E-state index contributed by atoms with van der Waals surface area (Å²) < 4.78 is 0. The highest BCUT2D eigenvalue weighted by atomic mass is 35.5. The molecule has 0 radical (unpaired) electrons. The van der Waals surface area contributed by atoms with Crippen LogP contribution in [0, 0.1) is 11.3 Å². The molecule has 0 saturated carbocycles. The summed E-state index contributed by atoms with van der Waals surface area (Å²) in [7, 11) is 0. The monoisotopic (exact) mass is 179 g/mol. The zero-order valence-electron chi connectivity index (χ0n) is 6.16. The first-order valence-corrected chi connectivity index (χ1v) is 3.66. The maximum Gasteiger partial charge on any atom is 0.117 e. The molecule has 0 bridgehead atoms. The summed E-state index contributed by atoms with van der Waals surface area (Å²) in [4.78, 5) is 0. The average molecular weight is 180 g/mol. The number of allylic oxidation sites excluding steroid dienone is 1. The molecule has 0 aliphatic heterocycles. The van der Waals surface area contributed by atoms with Gasteiger partial charge in [-0.2, -0.15) is 5.26 Å². The molecule has 12 heavy (non-hydrogen) atoms. The number of phenols is 1. The Kier molecular flexibility index (Phi) is 2.73. The van der Waals surface area contributed by atoms with E-state index in [2.05, 4.69) is 0 Å². The second-order valence-corrected chi connectivity index (χ2v) is 2.58. The maximum absolute atomic E-state index is 8.99. The molecule has 0 spiro atoms. The lowest BCUT2D eigenvalue weighted by atomic mass is 10.2. The van der Waals surface area contributed by atoms with Gasteiger partial charge >= 0.3 is 0 Å². The molecule has 1 N–H and O–H groups in total. The van der Waals surface area contributed by atoms with Crippen LogP contribution in [0.4, 0.5) is 0 Å². The molecular weight excluding hydrogens is 174 g/mol. The summed E-state index contributed by atoms with van der Waals surface area (Å²) in [5.74, 6) is 0.120. The number of rotatable bonds is 1. The minimum absolute atomic E-state index is 0.120. The van der Waals surface area contributed by atoms with Crippen molar-refractivity contribution in [3.05, 3.63) is 34.9 Å². The Morgan fingerprint density at radius 1 is 1.50 bits per heavy atom. The Labute approximate surface area is 75.3 Å². The molecule has 1 rings (SSSR count). The molecular formula is C9H6ClNO. The summed E-state index contributed by atoms with van der Waals surface area (Å²) >= 11 is 5.74. The van der Waals surface area contributed by atoms with Crippen molar-refractivity contribution in [2.75, 3.05) is 0 Å². The van der Waals surface area contributed by atoms with Crippen LogP contribution < -0.4 is 0 Å². The van der Waals surface area contributed by atoms with Gasteiger partial charge in [0.05, 0.1) is 11.1 Å². The van der Waals surface area contributed by atoms with E-state index in [1.165, 1.54) is 18.2 Å². The van der Waals surface area contributed by atoms with Crippen molar-refractivity contribution in [3.8, 4) is 11.8 Å². The van der Waals surface area contributed by atoms with Gasteiger partial charge in [0, 0.05) is 6.08 Å². The minimum Gasteiger partial charge on any atom is -0.508 e. The van der Waals surface area contributed by atoms with Crippen molar-refractivity contribution in [2.24, 2.45) is 0 Å². The highest BCUT2D eigenvalue weighted by Gasteiger charge is 1.96. The van der Waals surface area contributed by atoms with Crippen LogP contribution in [-0.4, -0.2) is 5.11 Å². The van der Waals surface area contributed by atoms with Crippen molar-refractivity contribution in [1.82, 2.24) is 0 Å². The summed E-state index contributed by atoms with van der Waals surface area (Å²) in [6.07, 6.45) is 2.92. The standard InChI is InChI=1S/C9H6ClNO/c10-9-6-8(12)4-3-7(9)2-1-5-11/h1-4,6,12H/b2-1+. The van der Waals surface area contributed by atoms with Crippen molar-refractivity contribution in [2.45, 2.75) is 0 Å². The fraction of sp³-hybridized carbons (Fsp3) is 0. The van der Waals surface area contributed by atoms with E-state index in [9.17, 15) is 0 Å². The Balaban J connectivity index is 3.03. The normalized spacial score (nSPS) is 10.0. The molecule has 0 heterocycles. The first kappa shape index (κ1) is 8.63. The molecule has 0 aliphatic carbocycles. The third-order valence-electron chi connectivity index (χ3n) is 1.32. The molecule has 0 aliphatic rings. The maximum atomic E-state index is 8.99. The van der Waals surface area contributed by atoms with E-state index in [4.69, 9.17) is 22.0 Å². The third-order valence-corrected chi connectivity index (χ3v) is 1.65. The molecule has 0 aromatic heterocycles. The second kappa shape index (κ2) is 3.80. The van der Waals surface area contributed by atoms with Gasteiger partial charge in [0.1, 0.15) is 5.75 Å². The highest BCUT2D eigenvalue weighted by Crippen LogP contribution is 2.22. The van der Waals surface area contributed by atoms with E-state index in [0.29, 0.717) is 5.02 Å². The lowest BCUT2D eigenvalue weighted by molar-refractivity contribution is 0.475. The summed E-state index contributed by atoms with van der Waals surface area (Å²) in [5.41, 5.74) is 0.719. The van der Waals surface area contributed by atoms with E-state index >= 15 is 0 Å². The highest BCUT2D eigenvalue weighted by molar-refractivity contribution is 6.32. The summed E-state index contributed by atoms with van der Waals surface area (Å²) in [5, 5.41) is 17.7. The number of benzene rings is 1. The van der Waals surface area contributed by atoms with E-state index in [1.54, 1.807) is 12.1 Å². The molecule has 0 fully saturated rings. The van der Waals surface area contributed by atoms with Gasteiger partial charge in [-0.15, -0.1) is 0 Å². The molecule has 2 nitrogen and oxygen atoms in total. The molecule has 1 aromatic rings. The number of nitriles is 1. The van der Waals surface area contributed by atoms with Crippen LogP contribution >= 0.6 is 11.6 Å². The van der Waals surface area contributed by atoms with Crippen LogP contribution in [0.3, 0.4) is 0 Å². The fourth-order valence-electron chi connectivity index (χ4n) is 0.778. The van der Waals surface area contributed by atoms with Gasteiger partial charge in [-0.05, 0) is 29.8 Å². The predicted octanol–water partition coefficient (Wildman–Crippen LogP) is 2.58. The SMILES string of the molecule is N#C/C=C/c1ccc(O)cc1Cl. The van der Waals surface area contributed by atoms with Crippen molar-refractivity contribution < 1.29 is 5.11 Å². The number of hydrogen-bond donors (Lipinski definition) is 1. The van der Waals surface area contributed by atoms with Crippen molar-refractivity contribution >= 4 is 17.7 Å². The van der Waals surface area contributed by atoms with Crippen LogP contribution in [-0.2, 0) is 0 Å². The Bertz CT molecular complexity index is 352. The van der Waals surface area contributed by atoms with E-state index in [0.717, 1.165) is 5.56 Å². The lowest BCUT2D eigenvalue weighted by Crippen LogP contribution is -1.73. The van der Waals surface area contributed by atoms with Crippen molar-refractivity contribution in [3.63, 3.8) is 0 Å². The van der Waals surface area contributed by atoms with Crippen LogP contribution in [0.1, 0.15) is 5.56 Å². The Morgan fingerprint density at radius 2 is 2.25 bits per heavy atom. The molecule has 60 valence electrons. The molecule has 0 amide bonds. The van der Waals surface area contributed by atoms with Crippen LogP contribution in [0.2, 0.25) is 5.02 Å². The first-order chi connectivity index (χ1) is 5.74. The number of hydrogen-bond acceptors (Lipinski definition) is 2. The molecule has 0 atom stereocenters. The van der Waals surface area contributed by atoms with Gasteiger partial charge in [0.25, 0.3) is 0 Å². The largest absolute Gasteiger partial charge is 0.508 e.